The molecule has 0 unspecified atom stereocenters. The highest BCUT2D eigenvalue weighted by Gasteiger charge is 2.57. The molecule has 4 nitrogen and oxygen atoms in total. The number of aliphatic hydroxyl groups excluding tert-OH is 1. The second-order valence-corrected chi connectivity index (χ2v) is 8.92. The molecule has 0 amide bonds. The lowest BCUT2D eigenvalue weighted by molar-refractivity contribution is -0.118. The van der Waals surface area contributed by atoms with Gasteiger partial charge in [-0.2, -0.15) is 0 Å². The Labute approximate surface area is 173 Å². The van der Waals surface area contributed by atoms with E-state index in [9.17, 15) is 14.3 Å². The highest BCUT2D eigenvalue weighted by molar-refractivity contribution is 6.30. The lowest BCUT2D eigenvalue weighted by Crippen LogP contribution is -2.24. The Morgan fingerprint density at radius 1 is 1.14 bits per heavy atom. The molecule has 2 fully saturated rings. The van der Waals surface area contributed by atoms with Gasteiger partial charge in [0.15, 0.2) is 11.6 Å². The van der Waals surface area contributed by atoms with Gasteiger partial charge in [0.1, 0.15) is 11.5 Å². The van der Waals surface area contributed by atoms with Crippen molar-refractivity contribution < 1.29 is 19.0 Å². The van der Waals surface area contributed by atoms with Gasteiger partial charge in [-0.05, 0) is 79.8 Å². The number of allylic oxidation sites excluding steroid dienone is 2. The van der Waals surface area contributed by atoms with E-state index in [1.54, 1.807) is 12.1 Å². The molecule has 0 aliphatic heterocycles. The van der Waals surface area contributed by atoms with Crippen LogP contribution in [0.2, 0.25) is 5.02 Å². The Morgan fingerprint density at radius 2 is 1.79 bits per heavy atom. The van der Waals surface area contributed by atoms with Gasteiger partial charge in [-0.1, -0.05) is 11.6 Å². The number of hydrogen-bond acceptors (Lipinski definition) is 4. The van der Waals surface area contributed by atoms with E-state index in [0.29, 0.717) is 23.2 Å². The molecular weight excluding hydrogens is 393 g/mol. The molecule has 0 spiro atoms. The molecule has 29 heavy (non-hydrogen) atoms. The Bertz CT molecular complexity index is 1060. The van der Waals surface area contributed by atoms with Crippen molar-refractivity contribution in [1.82, 2.24) is 4.98 Å². The fraction of sp³-hybridized carbons (Fsp3) is 0.391. The number of pyridine rings is 1. The summed E-state index contributed by atoms with van der Waals surface area (Å²) in [6, 6.07) is 4.63. The number of aryl methyl sites for hydroxylation is 2. The van der Waals surface area contributed by atoms with Crippen LogP contribution in [0.15, 0.2) is 30.2 Å². The molecule has 6 heteroatoms. The van der Waals surface area contributed by atoms with Crippen LogP contribution in [0.3, 0.4) is 0 Å². The van der Waals surface area contributed by atoms with E-state index in [1.807, 2.05) is 13.8 Å². The summed E-state index contributed by atoms with van der Waals surface area (Å²) in [5.41, 5.74) is 2.83. The summed E-state index contributed by atoms with van der Waals surface area (Å²) in [4.78, 5) is 17.1. The SMILES string of the molecule is Cc1cc(Oc2ncc(Cl)cc2F)cc(C)c1C1=C(O)[C@H]2[C@@H]3CC[C@@H](C3)[C@H]2C1=O. The highest BCUT2D eigenvalue weighted by Crippen LogP contribution is 2.60. The van der Waals surface area contributed by atoms with E-state index < -0.39 is 5.82 Å². The van der Waals surface area contributed by atoms with Crippen LogP contribution in [-0.4, -0.2) is 15.9 Å². The van der Waals surface area contributed by atoms with Crippen molar-refractivity contribution in [3.8, 4) is 11.6 Å². The van der Waals surface area contributed by atoms with Crippen LogP contribution < -0.4 is 4.74 Å². The van der Waals surface area contributed by atoms with Crippen molar-refractivity contribution >= 4 is 23.0 Å². The molecule has 150 valence electrons. The molecule has 1 N–H and O–H groups in total. The van der Waals surface area contributed by atoms with Crippen molar-refractivity contribution in [3.05, 3.63) is 57.7 Å². The molecule has 0 radical (unpaired) electrons. The topological polar surface area (TPSA) is 59.4 Å². The summed E-state index contributed by atoms with van der Waals surface area (Å²) in [5.74, 6) is 0.695. The first-order valence-electron chi connectivity index (χ1n) is 9.93. The van der Waals surface area contributed by atoms with Crippen LogP contribution in [0.25, 0.3) is 5.57 Å². The van der Waals surface area contributed by atoms with Gasteiger partial charge >= 0.3 is 0 Å². The maximum atomic E-state index is 14.0. The zero-order chi connectivity index (χ0) is 20.4. The van der Waals surface area contributed by atoms with Crippen LogP contribution >= 0.6 is 11.6 Å². The standard InChI is InChI=1S/C23H21ClFNO3/c1-10-5-15(29-23-16(25)8-14(24)9-26-23)6-11(2)17(10)20-21(27)18-12-3-4-13(7-12)19(18)22(20)28/h5-6,8-9,12-13,18-19,27H,3-4,7H2,1-2H3/t12-,13+,18+,19-/m1/s1. The van der Waals surface area contributed by atoms with Crippen molar-refractivity contribution in [2.24, 2.45) is 23.7 Å². The van der Waals surface area contributed by atoms with E-state index in [1.165, 1.54) is 6.20 Å². The van der Waals surface area contributed by atoms with Crippen LogP contribution in [0.5, 0.6) is 11.6 Å². The molecule has 1 heterocycles. The van der Waals surface area contributed by atoms with E-state index >= 15 is 0 Å². The van der Waals surface area contributed by atoms with Gasteiger partial charge in [-0.3, -0.25) is 4.79 Å². The maximum Gasteiger partial charge on any atom is 0.255 e. The third-order valence-corrected chi connectivity index (χ3v) is 6.99. The van der Waals surface area contributed by atoms with Crippen molar-refractivity contribution in [1.29, 1.82) is 0 Å². The first-order valence-corrected chi connectivity index (χ1v) is 10.3. The fourth-order valence-electron chi connectivity index (χ4n) is 5.74. The largest absolute Gasteiger partial charge is 0.511 e. The van der Waals surface area contributed by atoms with E-state index in [-0.39, 0.29) is 34.3 Å². The number of hydrogen-bond donors (Lipinski definition) is 1. The highest BCUT2D eigenvalue weighted by atomic mass is 35.5. The lowest BCUT2D eigenvalue weighted by atomic mass is 9.80. The number of halogens is 2. The van der Waals surface area contributed by atoms with Gasteiger partial charge < -0.3 is 9.84 Å². The second-order valence-electron chi connectivity index (χ2n) is 8.48. The number of Topliss-reactive ketones (excluding diaryl/α,β-unsaturated/α-hetero) is 1. The first kappa shape index (κ1) is 18.6. The Kier molecular flexibility index (Phi) is 4.21. The summed E-state index contributed by atoms with van der Waals surface area (Å²) < 4.78 is 19.6. The molecule has 2 aromatic rings. The smallest absolute Gasteiger partial charge is 0.255 e. The number of ether oxygens (including phenoxy) is 1. The fourth-order valence-corrected chi connectivity index (χ4v) is 5.88. The van der Waals surface area contributed by atoms with E-state index in [0.717, 1.165) is 42.0 Å². The first-order chi connectivity index (χ1) is 13.8. The average molecular weight is 414 g/mol. The van der Waals surface area contributed by atoms with E-state index in [2.05, 4.69) is 4.98 Å². The Morgan fingerprint density at radius 3 is 2.41 bits per heavy atom. The van der Waals surface area contributed by atoms with Crippen molar-refractivity contribution in [3.63, 3.8) is 0 Å². The monoisotopic (exact) mass is 413 g/mol. The number of aliphatic hydroxyl groups is 1. The second kappa shape index (κ2) is 6.56. The number of benzene rings is 1. The van der Waals surface area contributed by atoms with E-state index in [4.69, 9.17) is 16.3 Å². The number of nitrogens with zero attached hydrogens (tertiary/aromatic N) is 1. The average Bonchev–Trinajstić information content (AvgIpc) is 3.33. The minimum Gasteiger partial charge on any atom is -0.511 e. The van der Waals surface area contributed by atoms with Crippen LogP contribution in [-0.2, 0) is 4.79 Å². The van der Waals surface area contributed by atoms with Crippen molar-refractivity contribution in [2.45, 2.75) is 33.1 Å². The number of rotatable bonds is 3. The molecule has 0 saturated heterocycles. The van der Waals surface area contributed by atoms with Gasteiger partial charge in [0, 0.05) is 18.0 Å². The summed E-state index contributed by atoms with van der Waals surface area (Å²) in [6.07, 6.45) is 4.56. The Balaban J connectivity index is 1.51. The summed E-state index contributed by atoms with van der Waals surface area (Å²) >= 11 is 5.74. The van der Waals surface area contributed by atoms with Gasteiger partial charge in [0.2, 0.25) is 0 Å². The number of ketones is 1. The quantitative estimate of drug-likeness (QED) is 0.691. The molecule has 1 aromatic heterocycles. The number of fused-ring (bicyclic) bond motifs is 5. The van der Waals surface area contributed by atoms with Crippen LogP contribution in [0, 0.1) is 43.3 Å². The van der Waals surface area contributed by atoms with Gasteiger partial charge in [-0.25, -0.2) is 9.37 Å². The summed E-state index contributed by atoms with van der Waals surface area (Å²) in [5, 5.41) is 11.2. The van der Waals surface area contributed by atoms with Crippen molar-refractivity contribution in [2.75, 3.05) is 0 Å². The molecule has 2 bridgehead atoms. The van der Waals surface area contributed by atoms with Gasteiger partial charge in [0.05, 0.1) is 10.6 Å². The van der Waals surface area contributed by atoms with Crippen LogP contribution in [0.4, 0.5) is 4.39 Å². The molecule has 4 atom stereocenters. The summed E-state index contributed by atoms with van der Waals surface area (Å²) in [7, 11) is 0. The number of carbonyl (C=O) groups is 1. The van der Waals surface area contributed by atoms with Gasteiger partial charge in [-0.15, -0.1) is 0 Å². The number of carbonyl (C=O) groups excluding carboxylic acids is 1. The minimum absolute atomic E-state index is 0.0154. The zero-order valence-corrected chi connectivity index (χ0v) is 17.0. The predicted molar refractivity (Wildman–Crippen MR) is 108 cm³/mol. The Hall–Kier alpha value is -2.40. The minimum atomic E-state index is -0.647. The molecule has 1 aromatic carbocycles. The third kappa shape index (κ3) is 2.78. The molecule has 3 aliphatic carbocycles. The van der Waals surface area contributed by atoms with Gasteiger partial charge in [0.25, 0.3) is 5.88 Å². The predicted octanol–water partition coefficient (Wildman–Crippen LogP) is 5.80. The number of aromatic nitrogens is 1. The lowest BCUT2D eigenvalue weighted by Gasteiger charge is -2.23. The summed E-state index contributed by atoms with van der Waals surface area (Å²) in [6.45, 7) is 3.74. The third-order valence-electron chi connectivity index (χ3n) is 6.78. The zero-order valence-electron chi connectivity index (χ0n) is 16.2. The maximum absolute atomic E-state index is 14.0. The molecule has 5 rings (SSSR count). The normalized spacial score (nSPS) is 27.7. The van der Waals surface area contributed by atoms with Crippen LogP contribution in [0.1, 0.15) is 36.0 Å². The molecule has 2 saturated carbocycles. The molecular formula is C23H21ClFNO3. The molecule has 3 aliphatic rings.